The highest BCUT2D eigenvalue weighted by Crippen LogP contribution is 2.27. The van der Waals surface area contributed by atoms with E-state index < -0.39 is 0 Å². The molecular weight excluding hydrogens is 216 g/mol. The smallest absolute Gasteiger partial charge is 0.140 e. The lowest BCUT2D eigenvalue weighted by atomic mass is 10.2. The molecule has 1 aromatic carbocycles. The lowest BCUT2D eigenvalue weighted by Gasteiger charge is -2.35. The molecule has 92 valence electrons. The van der Waals surface area contributed by atoms with Crippen LogP contribution in [-0.4, -0.2) is 55.1 Å². The first-order valence-corrected chi connectivity index (χ1v) is 6.19. The maximum absolute atomic E-state index is 8.98. The summed E-state index contributed by atoms with van der Waals surface area (Å²) >= 11 is 0. The topological polar surface area (TPSA) is 39.2 Å². The highest BCUT2D eigenvalue weighted by molar-refractivity contribution is 5.46. The minimum absolute atomic E-state index is 0.0540. The summed E-state index contributed by atoms with van der Waals surface area (Å²) in [5, 5.41) is 8.98. The maximum atomic E-state index is 8.98. The minimum Gasteiger partial charge on any atom is -0.394 e. The molecule has 17 heavy (non-hydrogen) atoms. The summed E-state index contributed by atoms with van der Waals surface area (Å²) in [7, 11) is 0. The minimum atomic E-state index is 0.0540. The number of anilines is 1. The number of epoxide rings is 1. The molecule has 2 atom stereocenters. The van der Waals surface area contributed by atoms with Crippen LogP contribution in [-0.2, 0) is 4.74 Å². The Kier molecular flexibility index (Phi) is 3.01. The van der Waals surface area contributed by atoms with Crippen LogP contribution in [0, 0.1) is 0 Å². The van der Waals surface area contributed by atoms with Gasteiger partial charge in [-0.05, 0) is 12.1 Å². The van der Waals surface area contributed by atoms with E-state index in [9.17, 15) is 0 Å². The lowest BCUT2D eigenvalue weighted by molar-refractivity contribution is 0.165. The van der Waals surface area contributed by atoms with E-state index in [4.69, 9.17) is 9.84 Å². The zero-order chi connectivity index (χ0) is 11.7. The Morgan fingerprint density at radius 1 is 1.12 bits per heavy atom. The number of hydrogen-bond donors (Lipinski definition) is 1. The van der Waals surface area contributed by atoms with Crippen molar-refractivity contribution in [3.05, 3.63) is 30.3 Å². The Balaban J connectivity index is 1.54. The average molecular weight is 234 g/mol. The van der Waals surface area contributed by atoms with Crippen LogP contribution in [0.4, 0.5) is 5.69 Å². The molecule has 2 fully saturated rings. The van der Waals surface area contributed by atoms with E-state index in [-0.39, 0.29) is 18.9 Å². The molecule has 1 N–H and O–H groups in total. The summed E-state index contributed by atoms with van der Waals surface area (Å²) in [6, 6.07) is 10.5. The fraction of sp³-hybridized carbons (Fsp3) is 0.538. The van der Waals surface area contributed by atoms with E-state index in [1.165, 1.54) is 5.69 Å². The zero-order valence-electron chi connectivity index (χ0n) is 9.83. The predicted octanol–water partition coefficient (Wildman–Crippen LogP) is 0.526. The highest BCUT2D eigenvalue weighted by Gasteiger charge is 2.43. The molecule has 0 aromatic heterocycles. The Morgan fingerprint density at radius 2 is 1.82 bits per heavy atom. The van der Waals surface area contributed by atoms with Crippen LogP contribution in [0.15, 0.2) is 30.3 Å². The molecule has 4 heteroatoms. The van der Waals surface area contributed by atoms with Crippen molar-refractivity contribution < 1.29 is 9.84 Å². The number of benzene rings is 1. The number of piperazine rings is 1. The van der Waals surface area contributed by atoms with E-state index in [0.717, 1.165) is 26.2 Å². The van der Waals surface area contributed by atoms with Gasteiger partial charge in [-0.1, -0.05) is 18.2 Å². The molecule has 0 spiro atoms. The number of nitrogens with zero attached hydrogens (tertiary/aromatic N) is 2. The number of aliphatic hydroxyl groups is 1. The van der Waals surface area contributed by atoms with Gasteiger partial charge in [0, 0.05) is 31.9 Å². The summed E-state index contributed by atoms with van der Waals surface area (Å²) in [4.78, 5) is 4.72. The Bertz CT molecular complexity index is 363. The SMILES string of the molecule is OCC1OC1N1CCN(c2ccccc2)CC1. The van der Waals surface area contributed by atoms with Gasteiger partial charge in [-0.25, -0.2) is 0 Å². The number of para-hydroxylation sites is 1. The number of hydrogen-bond acceptors (Lipinski definition) is 4. The van der Waals surface area contributed by atoms with Gasteiger partial charge in [0.15, 0.2) is 0 Å². The van der Waals surface area contributed by atoms with Crippen molar-refractivity contribution in [1.29, 1.82) is 0 Å². The molecule has 4 nitrogen and oxygen atoms in total. The number of rotatable bonds is 3. The maximum Gasteiger partial charge on any atom is 0.140 e. The molecule has 2 saturated heterocycles. The standard InChI is InChI=1S/C13H18N2O2/c16-10-12-13(17-12)15-8-6-14(7-9-15)11-4-2-1-3-5-11/h1-5,12-13,16H,6-10H2. The predicted molar refractivity (Wildman–Crippen MR) is 66.0 cm³/mol. The molecule has 0 aliphatic carbocycles. The van der Waals surface area contributed by atoms with E-state index in [1.54, 1.807) is 0 Å². The van der Waals surface area contributed by atoms with Gasteiger partial charge in [0.1, 0.15) is 12.3 Å². The Morgan fingerprint density at radius 3 is 2.41 bits per heavy atom. The van der Waals surface area contributed by atoms with Crippen LogP contribution >= 0.6 is 0 Å². The van der Waals surface area contributed by atoms with Crippen molar-refractivity contribution in [1.82, 2.24) is 4.90 Å². The number of ether oxygens (including phenoxy) is 1. The van der Waals surface area contributed by atoms with Gasteiger partial charge in [0.25, 0.3) is 0 Å². The van der Waals surface area contributed by atoms with Gasteiger partial charge in [-0.2, -0.15) is 0 Å². The van der Waals surface area contributed by atoms with Crippen LogP contribution < -0.4 is 4.90 Å². The first-order valence-electron chi connectivity index (χ1n) is 6.19. The van der Waals surface area contributed by atoms with Gasteiger partial charge < -0.3 is 14.7 Å². The third-order valence-corrected chi connectivity index (χ3v) is 3.53. The van der Waals surface area contributed by atoms with E-state index in [0.29, 0.717) is 0 Å². The van der Waals surface area contributed by atoms with E-state index in [2.05, 4.69) is 34.1 Å². The quantitative estimate of drug-likeness (QED) is 0.774. The molecule has 0 amide bonds. The Labute approximate surface area is 101 Å². The largest absolute Gasteiger partial charge is 0.394 e. The molecule has 2 heterocycles. The van der Waals surface area contributed by atoms with Crippen LogP contribution in [0.5, 0.6) is 0 Å². The van der Waals surface area contributed by atoms with Crippen LogP contribution in [0.1, 0.15) is 0 Å². The first-order chi connectivity index (χ1) is 8.38. The van der Waals surface area contributed by atoms with Crippen LogP contribution in [0.25, 0.3) is 0 Å². The molecule has 2 unspecified atom stereocenters. The Hall–Kier alpha value is -1.10. The third kappa shape index (κ3) is 2.29. The van der Waals surface area contributed by atoms with Crippen molar-refractivity contribution in [2.24, 2.45) is 0 Å². The molecule has 0 saturated carbocycles. The second-order valence-electron chi connectivity index (χ2n) is 4.61. The highest BCUT2D eigenvalue weighted by atomic mass is 16.6. The molecule has 0 radical (unpaired) electrons. The van der Waals surface area contributed by atoms with Gasteiger partial charge in [0.05, 0.1) is 6.61 Å². The molecule has 2 aliphatic heterocycles. The van der Waals surface area contributed by atoms with Crippen LogP contribution in [0.2, 0.25) is 0 Å². The van der Waals surface area contributed by atoms with Crippen LogP contribution in [0.3, 0.4) is 0 Å². The monoisotopic (exact) mass is 234 g/mol. The summed E-state index contributed by atoms with van der Waals surface area (Å²) in [5.41, 5.74) is 1.29. The number of aliphatic hydroxyl groups excluding tert-OH is 1. The summed E-state index contributed by atoms with van der Waals surface area (Å²) in [6.07, 6.45) is 0.219. The van der Waals surface area contributed by atoms with E-state index in [1.807, 2.05) is 6.07 Å². The second kappa shape index (κ2) is 4.64. The van der Waals surface area contributed by atoms with E-state index >= 15 is 0 Å². The van der Waals surface area contributed by atoms with Gasteiger partial charge >= 0.3 is 0 Å². The van der Waals surface area contributed by atoms with Gasteiger partial charge in [-0.15, -0.1) is 0 Å². The lowest BCUT2D eigenvalue weighted by Crippen LogP contribution is -2.48. The molecule has 1 aromatic rings. The first kappa shape index (κ1) is 11.0. The second-order valence-corrected chi connectivity index (χ2v) is 4.61. The fourth-order valence-corrected chi connectivity index (χ4v) is 2.46. The summed E-state index contributed by atoms with van der Waals surface area (Å²) in [6.45, 7) is 4.22. The summed E-state index contributed by atoms with van der Waals surface area (Å²) in [5.74, 6) is 0. The molecule has 2 aliphatic rings. The fourth-order valence-electron chi connectivity index (χ4n) is 2.46. The zero-order valence-corrected chi connectivity index (χ0v) is 9.83. The normalized spacial score (nSPS) is 29.4. The van der Waals surface area contributed by atoms with Crippen molar-refractivity contribution in [3.8, 4) is 0 Å². The van der Waals surface area contributed by atoms with Crippen molar-refractivity contribution >= 4 is 5.69 Å². The van der Waals surface area contributed by atoms with Crippen molar-refractivity contribution in [2.75, 3.05) is 37.7 Å². The van der Waals surface area contributed by atoms with Crippen molar-refractivity contribution in [2.45, 2.75) is 12.3 Å². The van der Waals surface area contributed by atoms with Gasteiger partial charge in [-0.3, -0.25) is 4.90 Å². The molecular formula is C13H18N2O2. The molecule has 3 rings (SSSR count). The molecule has 0 bridgehead atoms. The van der Waals surface area contributed by atoms with Gasteiger partial charge in [0.2, 0.25) is 0 Å². The van der Waals surface area contributed by atoms with Crippen molar-refractivity contribution in [3.63, 3.8) is 0 Å². The summed E-state index contributed by atoms with van der Waals surface area (Å²) < 4.78 is 5.40. The average Bonchev–Trinajstić information content (AvgIpc) is 3.19. The third-order valence-electron chi connectivity index (χ3n) is 3.53.